The van der Waals surface area contributed by atoms with E-state index in [4.69, 9.17) is 15.2 Å². The molecule has 1 unspecified atom stereocenters. The molecule has 0 radical (unpaired) electrons. The van der Waals surface area contributed by atoms with Crippen LogP contribution >= 0.6 is 0 Å². The molecule has 0 aromatic rings. The number of rotatable bonds is 3. The maximum Gasteiger partial charge on any atom is 0.112 e. The lowest BCUT2D eigenvalue weighted by Crippen LogP contribution is -2.55. The summed E-state index contributed by atoms with van der Waals surface area (Å²) < 4.78 is 12.1. The quantitative estimate of drug-likeness (QED) is 0.784. The summed E-state index contributed by atoms with van der Waals surface area (Å²) in [7, 11) is 0. The summed E-state index contributed by atoms with van der Waals surface area (Å²) in [5, 5.41) is 0. The largest absolute Gasteiger partial charge is 0.368 e. The highest BCUT2D eigenvalue weighted by Gasteiger charge is 2.57. The molecule has 1 atom stereocenters. The van der Waals surface area contributed by atoms with Gasteiger partial charge in [0.15, 0.2) is 0 Å². The summed E-state index contributed by atoms with van der Waals surface area (Å²) in [5.41, 5.74) is 5.07. The zero-order valence-corrected chi connectivity index (χ0v) is 10.9. The van der Waals surface area contributed by atoms with Gasteiger partial charge < -0.3 is 15.2 Å². The Bertz CT molecular complexity index is 236. The van der Waals surface area contributed by atoms with E-state index in [0.29, 0.717) is 6.54 Å². The normalized spacial score (nSPS) is 33.6. The van der Waals surface area contributed by atoms with Crippen molar-refractivity contribution in [2.45, 2.75) is 70.9 Å². The zero-order valence-electron chi connectivity index (χ0n) is 10.9. The number of hydrogen-bond acceptors (Lipinski definition) is 3. The molecular formula is C12H25NO2. The fraction of sp³-hybridized carbons (Fsp3) is 1.00. The van der Waals surface area contributed by atoms with Crippen molar-refractivity contribution in [1.29, 1.82) is 0 Å². The van der Waals surface area contributed by atoms with Crippen molar-refractivity contribution in [3.8, 4) is 0 Å². The van der Waals surface area contributed by atoms with E-state index in [1.165, 1.54) is 0 Å². The molecule has 0 spiro atoms. The second-order valence-corrected chi connectivity index (χ2v) is 5.91. The molecular weight excluding hydrogens is 190 g/mol. The van der Waals surface area contributed by atoms with Crippen LogP contribution in [0.15, 0.2) is 0 Å². The van der Waals surface area contributed by atoms with Crippen LogP contribution in [0.2, 0.25) is 0 Å². The van der Waals surface area contributed by atoms with E-state index in [9.17, 15) is 0 Å². The molecule has 0 aromatic carbocycles. The molecule has 3 nitrogen and oxygen atoms in total. The minimum atomic E-state index is -0.356. The van der Waals surface area contributed by atoms with Gasteiger partial charge in [0.1, 0.15) is 5.60 Å². The molecule has 1 fully saturated rings. The van der Waals surface area contributed by atoms with Gasteiger partial charge in [0.2, 0.25) is 0 Å². The molecule has 1 rings (SSSR count). The average molecular weight is 215 g/mol. The molecule has 3 heteroatoms. The summed E-state index contributed by atoms with van der Waals surface area (Å²) in [6.07, 6.45) is 1.02. The highest BCUT2D eigenvalue weighted by molar-refractivity contribution is 5.08. The number of hydrogen-bond donors (Lipinski definition) is 1. The molecule has 0 saturated carbocycles. The van der Waals surface area contributed by atoms with E-state index in [1.54, 1.807) is 0 Å². The second-order valence-electron chi connectivity index (χ2n) is 5.91. The summed E-state index contributed by atoms with van der Waals surface area (Å²) in [6, 6.07) is 0. The summed E-state index contributed by atoms with van der Waals surface area (Å²) in [5.74, 6) is 0. The van der Waals surface area contributed by atoms with E-state index in [1.807, 2.05) is 13.8 Å². The van der Waals surface area contributed by atoms with Crippen LogP contribution in [0.5, 0.6) is 0 Å². The smallest absolute Gasteiger partial charge is 0.112 e. The van der Waals surface area contributed by atoms with Crippen LogP contribution < -0.4 is 5.73 Å². The Morgan fingerprint density at radius 3 is 2.07 bits per heavy atom. The molecule has 1 heterocycles. The Labute approximate surface area is 93.3 Å². The number of nitrogens with two attached hydrogens (primary N) is 1. The minimum Gasteiger partial charge on any atom is -0.368 e. The van der Waals surface area contributed by atoms with Gasteiger partial charge in [0.05, 0.1) is 17.3 Å². The van der Waals surface area contributed by atoms with E-state index in [-0.39, 0.29) is 22.9 Å². The van der Waals surface area contributed by atoms with Gasteiger partial charge in [-0.25, -0.2) is 0 Å². The first-order valence-corrected chi connectivity index (χ1v) is 5.72. The zero-order chi connectivity index (χ0) is 11.9. The Hall–Kier alpha value is -0.120. The summed E-state index contributed by atoms with van der Waals surface area (Å²) in [6.45, 7) is 12.9. The van der Waals surface area contributed by atoms with Crippen molar-refractivity contribution >= 4 is 0 Å². The first-order chi connectivity index (χ1) is 6.64. The molecule has 1 aliphatic heterocycles. The third kappa shape index (κ3) is 2.35. The standard InChI is InChI=1S/C12H25NO2/c1-9(2)14-12(8-13)7-10(3,4)15-11(12,5)6/h9H,7-8,13H2,1-6H3. The Morgan fingerprint density at radius 1 is 1.27 bits per heavy atom. The lowest BCUT2D eigenvalue weighted by atomic mass is 9.82. The van der Waals surface area contributed by atoms with Gasteiger partial charge in [0, 0.05) is 13.0 Å². The first kappa shape index (κ1) is 12.9. The average Bonchev–Trinajstić information content (AvgIpc) is 2.15. The molecule has 1 aliphatic rings. The van der Waals surface area contributed by atoms with Gasteiger partial charge in [-0.15, -0.1) is 0 Å². The van der Waals surface area contributed by atoms with Crippen molar-refractivity contribution in [3.05, 3.63) is 0 Å². The summed E-state index contributed by atoms with van der Waals surface area (Å²) in [4.78, 5) is 0. The predicted molar refractivity (Wildman–Crippen MR) is 61.9 cm³/mol. The minimum absolute atomic E-state index is 0.155. The third-order valence-corrected chi connectivity index (χ3v) is 3.13. The fourth-order valence-corrected chi connectivity index (χ4v) is 2.72. The highest BCUT2D eigenvalue weighted by atomic mass is 16.6. The molecule has 0 aliphatic carbocycles. The lowest BCUT2D eigenvalue weighted by molar-refractivity contribution is -0.163. The van der Waals surface area contributed by atoms with Crippen LogP contribution in [-0.4, -0.2) is 29.5 Å². The molecule has 1 saturated heterocycles. The molecule has 15 heavy (non-hydrogen) atoms. The van der Waals surface area contributed by atoms with Crippen molar-refractivity contribution < 1.29 is 9.47 Å². The van der Waals surface area contributed by atoms with Crippen LogP contribution in [0.3, 0.4) is 0 Å². The molecule has 0 amide bonds. The van der Waals surface area contributed by atoms with E-state index >= 15 is 0 Å². The lowest BCUT2D eigenvalue weighted by Gasteiger charge is -2.40. The molecule has 2 N–H and O–H groups in total. The maximum atomic E-state index is 6.05. The topological polar surface area (TPSA) is 44.5 Å². The van der Waals surface area contributed by atoms with Crippen LogP contribution in [0, 0.1) is 0 Å². The summed E-state index contributed by atoms with van der Waals surface area (Å²) >= 11 is 0. The first-order valence-electron chi connectivity index (χ1n) is 5.72. The van der Waals surface area contributed by atoms with Crippen LogP contribution in [0.4, 0.5) is 0 Å². The Balaban J connectivity index is 2.97. The maximum absolute atomic E-state index is 6.05. The second kappa shape index (κ2) is 3.72. The van der Waals surface area contributed by atoms with Gasteiger partial charge in [-0.05, 0) is 41.5 Å². The highest BCUT2D eigenvalue weighted by Crippen LogP contribution is 2.47. The Morgan fingerprint density at radius 2 is 1.80 bits per heavy atom. The van der Waals surface area contributed by atoms with Gasteiger partial charge >= 0.3 is 0 Å². The van der Waals surface area contributed by atoms with Crippen molar-refractivity contribution in [2.24, 2.45) is 5.73 Å². The van der Waals surface area contributed by atoms with E-state index < -0.39 is 0 Å². The van der Waals surface area contributed by atoms with Gasteiger partial charge in [-0.1, -0.05) is 0 Å². The fourth-order valence-electron chi connectivity index (χ4n) is 2.72. The van der Waals surface area contributed by atoms with E-state index in [0.717, 1.165) is 6.42 Å². The van der Waals surface area contributed by atoms with Crippen molar-refractivity contribution in [1.82, 2.24) is 0 Å². The van der Waals surface area contributed by atoms with Crippen LogP contribution in [0.1, 0.15) is 48.0 Å². The van der Waals surface area contributed by atoms with Gasteiger partial charge in [0.25, 0.3) is 0 Å². The van der Waals surface area contributed by atoms with Crippen LogP contribution in [0.25, 0.3) is 0 Å². The van der Waals surface area contributed by atoms with Crippen molar-refractivity contribution in [3.63, 3.8) is 0 Å². The SMILES string of the molecule is CC(C)OC1(CN)CC(C)(C)OC1(C)C. The predicted octanol–water partition coefficient (Wildman–Crippen LogP) is 2.09. The molecule has 0 bridgehead atoms. The molecule has 0 aromatic heterocycles. The van der Waals surface area contributed by atoms with Gasteiger partial charge in [-0.2, -0.15) is 0 Å². The van der Waals surface area contributed by atoms with Crippen molar-refractivity contribution in [2.75, 3.05) is 6.54 Å². The third-order valence-electron chi connectivity index (χ3n) is 3.13. The molecule has 90 valence electrons. The monoisotopic (exact) mass is 215 g/mol. The number of ether oxygens (including phenoxy) is 2. The Kier molecular flexibility index (Phi) is 3.21. The van der Waals surface area contributed by atoms with Crippen LogP contribution in [-0.2, 0) is 9.47 Å². The van der Waals surface area contributed by atoms with Gasteiger partial charge in [-0.3, -0.25) is 0 Å². The van der Waals surface area contributed by atoms with E-state index in [2.05, 4.69) is 27.7 Å².